The number of rotatable bonds is 6. The molecule has 1 atom stereocenters. The second-order valence-electron chi connectivity index (χ2n) is 7.14. The SMILES string of the molecule is CCC(C)OC(=O)c1c(NC(=O)c2cc(-c3ccco3)[nH]n2)sc2c1CCCC2. The van der Waals surface area contributed by atoms with E-state index in [-0.39, 0.29) is 23.7 Å². The third-order valence-corrected chi connectivity index (χ3v) is 6.29. The van der Waals surface area contributed by atoms with Crippen molar-refractivity contribution in [1.29, 1.82) is 0 Å². The maximum atomic E-state index is 12.8. The second-order valence-corrected chi connectivity index (χ2v) is 8.24. The van der Waals surface area contributed by atoms with Crippen LogP contribution in [-0.4, -0.2) is 28.2 Å². The number of furan rings is 1. The maximum absolute atomic E-state index is 12.8. The number of hydrogen-bond acceptors (Lipinski definition) is 6. The van der Waals surface area contributed by atoms with E-state index in [0.29, 0.717) is 22.0 Å². The van der Waals surface area contributed by atoms with E-state index in [0.717, 1.165) is 42.5 Å². The molecule has 3 heterocycles. The number of nitrogens with zero attached hydrogens (tertiary/aromatic N) is 1. The van der Waals surface area contributed by atoms with Gasteiger partial charge >= 0.3 is 5.97 Å². The van der Waals surface area contributed by atoms with E-state index in [2.05, 4.69) is 15.5 Å². The molecule has 152 valence electrons. The molecule has 0 saturated carbocycles. The third-order valence-electron chi connectivity index (χ3n) is 5.08. The van der Waals surface area contributed by atoms with E-state index < -0.39 is 0 Å². The fraction of sp³-hybridized carbons (Fsp3) is 0.381. The summed E-state index contributed by atoms with van der Waals surface area (Å²) < 4.78 is 10.9. The smallest absolute Gasteiger partial charge is 0.341 e. The molecule has 1 aliphatic carbocycles. The molecule has 1 aliphatic rings. The van der Waals surface area contributed by atoms with Crippen molar-refractivity contribution in [3.05, 3.63) is 46.2 Å². The molecule has 0 saturated heterocycles. The first-order valence-corrected chi connectivity index (χ1v) is 10.6. The molecule has 1 unspecified atom stereocenters. The highest BCUT2D eigenvalue weighted by Crippen LogP contribution is 2.39. The molecule has 4 rings (SSSR count). The summed E-state index contributed by atoms with van der Waals surface area (Å²) in [6.45, 7) is 3.84. The fourth-order valence-corrected chi connectivity index (χ4v) is 4.63. The van der Waals surface area contributed by atoms with Gasteiger partial charge in [0.2, 0.25) is 0 Å². The Morgan fingerprint density at radius 1 is 1.38 bits per heavy atom. The zero-order valence-electron chi connectivity index (χ0n) is 16.4. The van der Waals surface area contributed by atoms with Crippen molar-refractivity contribution in [2.75, 3.05) is 5.32 Å². The number of carbonyl (C=O) groups excluding carboxylic acids is 2. The minimum Gasteiger partial charge on any atom is -0.463 e. The van der Waals surface area contributed by atoms with Crippen molar-refractivity contribution < 1.29 is 18.7 Å². The Balaban J connectivity index is 1.60. The van der Waals surface area contributed by atoms with Crippen LogP contribution in [0.25, 0.3) is 11.5 Å². The lowest BCUT2D eigenvalue weighted by atomic mass is 9.95. The van der Waals surface area contributed by atoms with Crippen LogP contribution in [0.1, 0.15) is 64.4 Å². The minimum atomic E-state index is -0.379. The molecule has 0 bridgehead atoms. The van der Waals surface area contributed by atoms with Gasteiger partial charge in [0, 0.05) is 10.9 Å². The summed E-state index contributed by atoms with van der Waals surface area (Å²) in [4.78, 5) is 26.8. The van der Waals surface area contributed by atoms with Gasteiger partial charge in [0.1, 0.15) is 10.7 Å². The number of amides is 1. The number of esters is 1. The summed E-state index contributed by atoms with van der Waals surface area (Å²) in [5.74, 6) is -0.149. The number of ether oxygens (including phenoxy) is 1. The van der Waals surface area contributed by atoms with Crippen LogP contribution >= 0.6 is 11.3 Å². The fourth-order valence-electron chi connectivity index (χ4n) is 3.36. The van der Waals surface area contributed by atoms with Crippen molar-refractivity contribution >= 4 is 28.2 Å². The largest absolute Gasteiger partial charge is 0.463 e. The molecule has 29 heavy (non-hydrogen) atoms. The van der Waals surface area contributed by atoms with E-state index in [1.807, 2.05) is 13.8 Å². The van der Waals surface area contributed by atoms with E-state index >= 15 is 0 Å². The van der Waals surface area contributed by atoms with Crippen molar-refractivity contribution in [3.63, 3.8) is 0 Å². The molecule has 0 fully saturated rings. The number of aromatic nitrogens is 2. The maximum Gasteiger partial charge on any atom is 0.341 e. The van der Waals surface area contributed by atoms with Crippen LogP contribution in [0.5, 0.6) is 0 Å². The van der Waals surface area contributed by atoms with Crippen molar-refractivity contribution in [3.8, 4) is 11.5 Å². The van der Waals surface area contributed by atoms with E-state index in [4.69, 9.17) is 9.15 Å². The molecular formula is C21H23N3O4S. The van der Waals surface area contributed by atoms with Gasteiger partial charge in [-0.1, -0.05) is 6.92 Å². The first-order chi connectivity index (χ1) is 14.1. The summed E-state index contributed by atoms with van der Waals surface area (Å²) >= 11 is 1.46. The van der Waals surface area contributed by atoms with Gasteiger partial charge in [-0.05, 0) is 56.7 Å². The lowest BCUT2D eigenvalue weighted by molar-refractivity contribution is 0.0335. The lowest BCUT2D eigenvalue weighted by Gasteiger charge is -2.15. The van der Waals surface area contributed by atoms with Crippen LogP contribution in [0.2, 0.25) is 0 Å². The Labute approximate surface area is 172 Å². The number of hydrogen-bond donors (Lipinski definition) is 2. The molecule has 8 heteroatoms. The molecule has 7 nitrogen and oxygen atoms in total. The average molecular weight is 413 g/mol. The number of carbonyl (C=O) groups is 2. The molecule has 0 radical (unpaired) electrons. The normalized spacial score (nSPS) is 14.3. The van der Waals surface area contributed by atoms with Gasteiger partial charge in [0.25, 0.3) is 5.91 Å². The quantitative estimate of drug-likeness (QED) is 0.565. The molecule has 3 aromatic heterocycles. The molecule has 0 spiro atoms. The molecular weight excluding hydrogens is 390 g/mol. The van der Waals surface area contributed by atoms with Crippen molar-refractivity contribution in [2.24, 2.45) is 0 Å². The first kappa shape index (κ1) is 19.4. The highest BCUT2D eigenvalue weighted by Gasteiger charge is 2.28. The number of nitrogens with one attached hydrogen (secondary N) is 2. The number of thiophene rings is 1. The Kier molecular flexibility index (Phi) is 5.53. The average Bonchev–Trinajstić information content (AvgIpc) is 3.45. The van der Waals surface area contributed by atoms with E-state index in [1.165, 1.54) is 11.3 Å². The van der Waals surface area contributed by atoms with Crippen molar-refractivity contribution in [1.82, 2.24) is 10.2 Å². The standard InChI is InChI=1S/C21H23N3O4S/c1-3-12(2)28-21(26)18-13-7-4-5-9-17(13)29-20(18)22-19(25)15-11-14(23-24-15)16-8-6-10-27-16/h6,8,10-12H,3-5,7,9H2,1-2H3,(H,22,25)(H,23,24). The van der Waals surface area contributed by atoms with E-state index in [9.17, 15) is 9.59 Å². The highest BCUT2D eigenvalue weighted by molar-refractivity contribution is 7.17. The van der Waals surface area contributed by atoms with Gasteiger partial charge in [-0.3, -0.25) is 9.89 Å². The van der Waals surface area contributed by atoms with Crippen molar-refractivity contribution in [2.45, 2.75) is 52.1 Å². The van der Waals surface area contributed by atoms with Crippen LogP contribution < -0.4 is 5.32 Å². The Morgan fingerprint density at radius 3 is 2.97 bits per heavy atom. The van der Waals surface area contributed by atoms with Gasteiger partial charge in [0.15, 0.2) is 11.5 Å². The Hall–Kier alpha value is -2.87. The summed E-state index contributed by atoms with van der Waals surface area (Å²) in [6, 6.07) is 5.17. The van der Waals surface area contributed by atoms with Crippen LogP contribution in [0.3, 0.4) is 0 Å². The van der Waals surface area contributed by atoms with Gasteiger partial charge in [-0.25, -0.2) is 4.79 Å². The van der Waals surface area contributed by atoms with Crippen LogP contribution in [0, 0.1) is 0 Å². The third kappa shape index (κ3) is 3.98. The predicted molar refractivity (Wildman–Crippen MR) is 110 cm³/mol. The van der Waals surface area contributed by atoms with Crippen LogP contribution in [0.15, 0.2) is 28.9 Å². The zero-order valence-corrected chi connectivity index (χ0v) is 17.2. The number of anilines is 1. The zero-order chi connectivity index (χ0) is 20.4. The topological polar surface area (TPSA) is 97.2 Å². The predicted octanol–water partition coefficient (Wildman–Crippen LogP) is 4.82. The first-order valence-electron chi connectivity index (χ1n) is 9.83. The number of H-pyrrole nitrogens is 1. The van der Waals surface area contributed by atoms with Gasteiger partial charge in [0.05, 0.1) is 17.9 Å². The Morgan fingerprint density at radius 2 is 2.21 bits per heavy atom. The lowest BCUT2D eigenvalue weighted by Crippen LogP contribution is -2.19. The number of fused-ring (bicyclic) bond motifs is 1. The molecule has 2 N–H and O–H groups in total. The molecule has 0 aromatic carbocycles. The molecule has 1 amide bonds. The highest BCUT2D eigenvalue weighted by atomic mass is 32.1. The van der Waals surface area contributed by atoms with Crippen LogP contribution in [0.4, 0.5) is 5.00 Å². The summed E-state index contributed by atoms with van der Waals surface area (Å²) in [5, 5.41) is 10.3. The molecule has 0 aliphatic heterocycles. The minimum absolute atomic E-state index is 0.174. The van der Waals surface area contributed by atoms with Crippen LogP contribution in [-0.2, 0) is 17.6 Å². The van der Waals surface area contributed by atoms with Gasteiger partial charge in [-0.2, -0.15) is 5.10 Å². The van der Waals surface area contributed by atoms with Gasteiger partial charge in [-0.15, -0.1) is 11.3 Å². The summed E-state index contributed by atoms with van der Waals surface area (Å²) in [5.41, 5.74) is 2.36. The second kappa shape index (κ2) is 8.24. The summed E-state index contributed by atoms with van der Waals surface area (Å²) in [6.07, 6.45) is 6.00. The number of aryl methyl sites for hydroxylation is 1. The van der Waals surface area contributed by atoms with E-state index in [1.54, 1.807) is 24.5 Å². The monoisotopic (exact) mass is 413 g/mol. The van der Waals surface area contributed by atoms with Gasteiger partial charge < -0.3 is 14.5 Å². The molecule has 3 aromatic rings. The Bertz CT molecular complexity index is 1020. The summed E-state index contributed by atoms with van der Waals surface area (Å²) in [7, 11) is 0. The number of aromatic amines is 1.